The van der Waals surface area contributed by atoms with Gasteiger partial charge >= 0.3 is 6.03 Å². The van der Waals surface area contributed by atoms with Crippen molar-refractivity contribution in [2.24, 2.45) is 0 Å². The van der Waals surface area contributed by atoms with Gasteiger partial charge in [0.2, 0.25) is 0 Å². The summed E-state index contributed by atoms with van der Waals surface area (Å²) in [6.45, 7) is 8.27. The zero-order valence-corrected chi connectivity index (χ0v) is 20.4. The molecule has 2 aliphatic rings. The second-order valence-electron chi connectivity index (χ2n) is 9.12. The fourth-order valence-corrected chi connectivity index (χ4v) is 5.09. The van der Waals surface area contributed by atoms with Crippen LogP contribution in [-0.2, 0) is 12.8 Å². The second-order valence-corrected chi connectivity index (χ2v) is 9.56. The van der Waals surface area contributed by atoms with Gasteiger partial charge in [-0.2, -0.15) is 0 Å². The minimum Gasteiger partial charge on any atom is -0.494 e. The van der Waals surface area contributed by atoms with Crippen LogP contribution < -0.4 is 10.1 Å². The Morgan fingerprint density at radius 3 is 2.48 bits per heavy atom. The van der Waals surface area contributed by atoms with Crippen molar-refractivity contribution < 1.29 is 9.53 Å². The SMILES string of the molecule is CCNC(=O)N1CCc2ccc(OCCCN3CCC(c4ccc(Cl)cc4)CC3)cc2CC1. The van der Waals surface area contributed by atoms with Gasteiger partial charge in [-0.15, -0.1) is 0 Å². The molecule has 2 aliphatic heterocycles. The molecule has 1 fully saturated rings. The van der Waals surface area contributed by atoms with E-state index in [4.69, 9.17) is 16.3 Å². The summed E-state index contributed by atoms with van der Waals surface area (Å²) in [6.07, 6.45) is 5.24. The Labute approximate surface area is 203 Å². The van der Waals surface area contributed by atoms with Crippen molar-refractivity contribution in [2.45, 2.75) is 44.9 Å². The molecule has 0 aliphatic carbocycles. The molecule has 0 unspecified atom stereocenters. The van der Waals surface area contributed by atoms with Crippen LogP contribution in [0.15, 0.2) is 42.5 Å². The molecule has 4 rings (SSSR count). The number of amides is 2. The summed E-state index contributed by atoms with van der Waals surface area (Å²) in [6, 6.07) is 14.8. The molecule has 2 heterocycles. The van der Waals surface area contributed by atoms with Crippen molar-refractivity contribution in [1.82, 2.24) is 15.1 Å². The van der Waals surface area contributed by atoms with Crippen LogP contribution >= 0.6 is 11.6 Å². The lowest BCUT2D eigenvalue weighted by Gasteiger charge is -2.32. The predicted molar refractivity (Wildman–Crippen MR) is 134 cm³/mol. The van der Waals surface area contributed by atoms with Gasteiger partial charge in [0.1, 0.15) is 5.75 Å². The number of likely N-dealkylation sites (tertiary alicyclic amines) is 1. The van der Waals surface area contributed by atoms with E-state index in [2.05, 4.69) is 40.5 Å². The molecule has 0 radical (unpaired) electrons. The third-order valence-corrected chi connectivity index (χ3v) is 7.16. The molecule has 2 aromatic carbocycles. The number of hydrogen-bond donors (Lipinski definition) is 1. The summed E-state index contributed by atoms with van der Waals surface area (Å²) in [5.74, 6) is 1.60. The van der Waals surface area contributed by atoms with Gasteiger partial charge in [0, 0.05) is 31.2 Å². The number of fused-ring (bicyclic) bond motifs is 1. The zero-order valence-electron chi connectivity index (χ0n) is 19.7. The Morgan fingerprint density at radius 2 is 1.76 bits per heavy atom. The van der Waals surface area contributed by atoms with E-state index in [0.717, 1.165) is 69.4 Å². The molecule has 0 atom stereocenters. The molecule has 33 heavy (non-hydrogen) atoms. The zero-order chi connectivity index (χ0) is 23.0. The summed E-state index contributed by atoms with van der Waals surface area (Å²) < 4.78 is 6.09. The van der Waals surface area contributed by atoms with Gasteiger partial charge in [0.05, 0.1) is 6.61 Å². The number of rotatable bonds is 7. The highest BCUT2D eigenvalue weighted by Gasteiger charge is 2.21. The van der Waals surface area contributed by atoms with Crippen molar-refractivity contribution in [2.75, 3.05) is 45.9 Å². The van der Waals surface area contributed by atoms with E-state index in [1.165, 1.54) is 29.5 Å². The summed E-state index contributed by atoms with van der Waals surface area (Å²) in [5, 5.41) is 3.72. The highest BCUT2D eigenvalue weighted by atomic mass is 35.5. The van der Waals surface area contributed by atoms with Crippen molar-refractivity contribution in [3.63, 3.8) is 0 Å². The number of benzene rings is 2. The summed E-state index contributed by atoms with van der Waals surface area (Å²) in [5.41, 5.74) is 4.06. The fourth-order valence-electron chi connectivity index (χ4n) is 4.96. The molecule has 178 valence electrons. The number of hydrogen-bond acceptors (Lipinski definition) is 3. The molecule has 1 saturated heterocycles. The van der Waals surface area contributed by atoms with Gasteiger partial charge in [-0.1, -0.05) is 29.8 Å². The van der Waals surface area contributed by atoms with Crippen molar-refractivity contribution in [3.8, 4) is 5.75 Å². The lowest BCUT2D eigenvalue weighted by molar-refractivity contribution is 0.193. The van der Waals surface area contributed by atoms with Crippen LogP contribution in [0.25, 0.3) is 0 Å². The fraction of sp³-hybridized carbons (Fsp3) is 0.519. The maximum absolute atomic E-state index is 12.2. The molecule has 0 spiro atoms. The molecular weight excluding hydrogens is 434 g/mol. The standard InChI is InChI=1S/C27H36ClN3O2/c1-2-29-27(32)31-17-12-22-6-9-26(20-24(22)13-18-31)33-19-3-14-30-15-10-23(11-16-30)21-4-7-25(28)8-5-21/h4-9,20,23H,2-3,10-19H2,1H3,(H,29,32). The second kappa shape index (κ2) is 11.8. The monoisotopic (exact) mass is 469 g/mol. The molecular formula is C27H36ClN3O2. The molecule has 0 bridgehead atoms. The summed E-state index contributed by atoms with van der Waals surface area (Å²) in [7, 11) is 0. The van der Waals surface area contributed by atoms with E-state index in [9.17, 15) is 4.79 Å². The van der Waals surface area contributed by atoms with Crippen LogP contribution in [0.2, 0.25) is 5.02 Å². The van der Waals surface area contributed by atoms with E-state index >= 15 is 0 Å². The third-order valence-electron chi connectivity index (χ3n) is 6.91. The Hall–Kier alpha value is -2.24. The molecule has 2 aromatic rings. The number of nitrogens with one attached hydrogen (secondary N) is 1. The maximum Gasteiger partial charge on any atom is 0.317 e. The first-order valence-electron chi connectivity index (χ1n) is 12.4. The van der Waals surface area contributed by atoms with Crippen LogP contribution in [0, 0.1) is 0 Å². The first kappa shape index (κ1) is 23.9. The third kappa shape index (κ3) is 6.64. The Bertz CT molecular complexity index is 910. The van der Waals surface area contributed by atoms with Crippen molar-refractivity contribution in [3.05, 3.63) is 64.2 Å². The minimum absolute atomic E-state index is 0.0407. The predicted octanol–water partition coefficient (Wildman–Crippen LogP) is 5.12. The molecule has 6 heteroatoms. The summed E-state index contributed by atoms with van der Waals surface area (Å²) >= 11 is 6.02. The number of carbonyl (C=O) groups excluding carboxylic acids is 1. The van der Waals surface area contributed by atoms with E-state index in [-0.39, 0.29) is 6.03 Å². The average molecular weight is 470 g/mol. The highest BCUT2D eigenvalue weighted by molar-refractivity contribution is 6.30. The number of ether oxygens (including phenoxy) is 1. The van der Waals surface area contributed by atoms with Gasteiger partial charge in [0.15, 0.2) is 0 Å². The lowest BCUT2D eigenvalue weighted by Crippen LogP contribution is -2.41. The highest BCUT2D eigenvalue weighted by Crippen LogP contribution is 2.29. The van der Waals surface area contributed by atoms with Crippen LogP contribution in [0.4, 0.5) is 4.79 Å². The molecule has 0 aromatic heterocycles. The first-order chi connectivity index (χ1) is 16.1. The lowest BCUT2D eigenvalue weighted by atomic mass is 9.89. The van der Waals surface area contributed by atoms with E-state index in [1.807, 2.05) is 24.0 Å². The van der Waals surface area contributed by atoms with Gasteiger partial charge < -0.3 is 19.9 Å². The molecule has 1 N–H and O–H groups in total. The van der Waals surface area contributed by atoms with Crippen molar-refractivity contribution >= 4 is 17.6 Å². The first-order valence-corrected chi connectivity index (χ1v) is 12.8. The van der Waals surface area contributed by atoms with Gasteiger partial charge in [-0.25, -0.2) is 4.79 Å². The topological polar surface area (TPSA) is 44.8 Å². The Balaban J connectivity index is 1.18. The Kier molecular flexibility index (Phi) is 8.51. The largest absolute Gasteiger partial charge is 0.494 e. The normalized spacial score (nSPS) is 17.3. The van der Waals surface area contributed by atoms with Gasteiger partial charge in [-0.05, 0) is 99.0 Å². The summed E-state index contributed by atoms with van der Waals surface area (Å²) in [4.78, 5) is 16.6. The smallest absolute Gasteiger partial charge is 0.317 e. The van der Waals surface area contributed by atoms with Gasteiger partial charge in [0.25, 0.3) is 0 Å². The number of urea groups is 1. The van der Waals surface area contributed by atoms with E-state index in [0.29, 0.717) is 12.5 Å². The van der Waals surface area contributed by atoms with E-state index in [1.54, 1.807) is 0 Å². The van der Waals surface area contributed by atoms with E-state index < -0.39 is 0 Å². The number of carbonyl (C=O) groups is 1. The molecule has 5 nitrogen and oxygen atoms in total. The Morgan fingerprint density at radius 1 is 1.03 bits per heavy atom. The number of piperidine rings is 1. The molecule has 0 saturated carbocycles. The van der Waals surface area contributed by atoms with Gasteiger partial charge in [-0.3, -0.25) is 0 Å². The van der Waals surface area contributed by atoms with Crippen LogP contribution in [0.1, 0.15) is 48.8 Å². The number of halogens is 1. The van der Waals surface area contributed by atoms with Crippen LogP contribution in [0.3, 0.4) is 0 Å². The molecule has 2 amide bonds. The minimum atomic E-state index is 0.0407. The number of nitrogens with zero attached hydrogens (tertiary/aromatic N) is 2. The quantitative estimate of drug-likeness (QED) is 0.572. The average Bonchev–Trinajstić information content (AvgIpc) is 3.05. The van der Waals surface area contributed by atoms with Crippen LogP contribution in [0.5, 0.6) is 5.75 Å². The maximum atomic E-state index is 12.2. The van der Waals surface area contributed by atoms with Crippen LogP contribution in [-0.4, -0.2) is 61.7 Å². The van der Waals surface area contributed by atoms with Crippen molar-refractivity contribution in [1.29, 1.82) is 0 Å².